The van der Waals surface area contributed by atoms with Gasteiger partial charge in [0.2, 0.25) is 0 Å². The molecule has 1 aromatic rings. The van der Waals surface area contributed by atoms with E-state index in [-0.39, 0.29) is 12.1 Å². The minimum atomic E-state index is -0.446. The fourth-order valence-electron chi connectivity index (χ4n) is 2.86. The van der Waals surface area contributed by atoms with Crippen LogP contribution < -0.4 is 5.32 Å². The van der Waals surface area contributed by atoms with E-state index < -0.39 is 5.60 Å². The van der Waals surface area contributed by atoms with E-state index in [2.05, 4.69) is 40.3 Å². The van der Waals surface area contributed by atoms with Gasteiger partial charge in [0.25, 0.3) is 0 Å². The monoisotopic (exact) mass is 382 g/mol. The average Bonchev–Trinajstić information content (AvgIpc) is 2.92. The molecule has 1 N–H and O–H groups in total. The molecule has 1 fully saturated rings. The number of benzene rings is 1. The van der Waals surface area contributed by atoms with E-state index >= 15 is 0 Å². The summed E-state index contributed by atoms with van der Waals surface area (Å²) in [6.07, 6.45) is 2.83. The van der Waals surface area contributed by atoms with Gasteiger partial charge in [0, 0.05) is 23.2 Å². The third kappa shape index (κ3) is 5.13. The highest BCUT2D eigenvalue weighted by Gasteiger charge is 2.31. The van der Waals surface area contributed by atoms with Crippen molar-refractivity contribution in [1.82, 2.24) is 4.90 Å². The quantitative estimate of drug-likeness (QED) is 0.810. The van der Waals surface area contributed by atoms with Crippen LogP contribution in [0.3, 0.4) is 0 Å². The number of nitrogens with one attached hydrogen (secondary N) is 1. The number of amides is 1. The number of carbonyl (C=O) groups is 1. The molecule has 1 saturated heterocycles. The van der Waals surface area contributed by atoms with Crippen LogP contribution in [0.25, 0.3) is 0 Å². The van der Waals surface area contributed by atoms with E-state index in [0.29, 0.717) is 0 Å². The second kappa shape index (κ2) is 7.56. The third-order valence-corrected chi connectivity index (χ3v) is 4.47. The SMILES string of the molecule is CCc1cc(Br)ccc1NCC1CCCN1C(=O)OC(C)(C)C. The Kier molecular flexibility index (Phi) is 5.95. The summed E-state index contributed by atoms with van der Waals surface area (Å²) in [7, 11) is 0. The Morgan fingerprint density at radius 3 is 2.83 bits per heavy atom. The van der Waals surface area contributed by atoms with Crippen molar-refractivity contribution in [3.63, 3.8) is 0 Å². The van der Waals surface area contributed by atoms with Gasteiger partial charge in [0.05, 0.1) is 6.04 Å². The summed E-state index contributed by atoms with van der Waals surface area (Å²) in [5.74, 6) is 0. The summed E-state index contributed by atoms with van der Waals surface area (Å²) in [5.41, 5.74) is 1.98. The Bertz CT molecular complexity index is 554. The van der Waals surface area contributed by atoms with Crippen LogP contribution in [0.2, 0.25) is 0 Å². The molecule has 1 aromatic carbocycles. The van der Waals surface area contributed by atoms with Crippen molar-refractivity contribution in [2.24, 2.45) is 0 Å². The van der Waals surface area contributed by atoms with Gasteiger partial charge < -0.3 is 15.0 Å². The van der Waals surface area contributed by atoms with Crippen LogP contribution in [0, 0.1) is 0 Å². The Balaban J connectivity index is 1.98. The molecule has 2 rings (SSSR count). The Labute approximate surface area is 147 Å². The summed E-state index contributed by atoms with van der Waals surface area (Å²) in [5, 5.41) is 3.51. The average molecular weight is 383 g/mol. The number of anilines is 1. The molecule has 0 aromatic heterocycles. The number of halogens is 1. The fourth-order valence-corrected chi connectivity index (χ4v) is 3.27. The maximum Gasteiger partial charge on any atom is 0.410 e. The number of nitrogens with zero attached hydrogens (tertiary/aromatic N) is 1. The number of rotatable bonds is 4. The summed E-state index contributed by atoms with van der Waals surface area (Å²) >= 11 is 3.51. The van der Waals surface area contributed by atoms with Gasteiger partial charge in [-0.1, -0.05) is 22.9 Å². The summed E-state index contributed by atoms with van der Waals surface area (Å²) in [6, 6.07) is 6.47. The van der Waals surface area contributed by atoms with Gasteiger partial charge in [-0.05, 0) is 63.8 Å². The highest BCUT2D eigenvalue weighted by molar-refractivity contribution is 9.10. The number of hydrogen-bond acceptors (Lipinski definition) is 3. The van der Waals surface area contributed by atoms with Gasteiger partial charge >= 0.3 is 6.09 Å². The summed E-state index contributed by atoms with van der Waals surface area (Å²) < 4.78 is 6.61. The summed E-state index contributed by atoms with van der Waals surface area (Å²) in [4.78, 5) is 14.2. The Morgan fingerprint density at radius 2 is 2.17 bits per heavy atom. The zero-order chi connectivity index (χ0) is 17.0. The maximum atomic E-state index is 12.3. The van der Waals surface area contributed by atoms with E-state index in [4.69, 9.17) is 4.74 Å². The lowest BCUT2D eigenvalue weighted by Gasteiger charge is -2.29. The van der Waals surface area contributed by atoms with Crippen LogP contribution in [-0.2, 0) is 11.2 Å². The second-order valence-electron chi connectivity index (χ2n) is 7.01. The zero-order valence-corrected chi connectivity index (χ0v) is 16.1. The van der Waals surface area contributed by atoms with E-state index in [1.165, 1.54) is 5.56 Å². The van der Waals surface area contributed by atoms with E-state index in [1.807, 2.05) is 31.7 Å². The zero-order valence-electron chi connectivity index (χ0n) is 14.5. The normalized spacial score (nSPS) is 18.1. The molecule has 1 aliphatic heterocycles. The van der Waals surface area contributed by atoms with Gasteiger partial charge in [-0.25, -0.2) is 4.79 Å². The Morgan fingerprint density at radius 1 is 1.43 bits per heavy atom. The van der Waals surface area contributed by atoms with Gasteiger partial charge in [-0.2, -0.15) is 0 Å². The van der Waals surface area contributed by atoms with E-state index in [1.54, 1.807) is 0 Å². The highest BCUT2D eigenvalue weighted by Crippen LogP contribution is 2.24. The smallest absolute Gasteiger partial charge is 0.410 e. The molecule has 1 heterocycles. The van der Waals surface area contributed by atoms with Gasteiger partial charge in [-0.3, -0.25) is 0 Å². The van der Waals surface area contributed by atoms with E-state index in [0.717, 1.165) is 42.5 Å². The first kappa shape index (κ1) is 18.1. The lowest BCUT2D eigenvalue weighted by atomic mass is 10.1. The van der Waals surface area contributed by atoms with Crippen molar-refractivity contribution in [1.29, 1.82) is 0 Å². The van der Waals surface area contributed by atoms with Crippen molar-refractivity contribution >= 4 is 27.7 Å². The molecule has 23 heavy (non-hydrogen) atoms. The molecular formula is C18H27BrN2O2. The van der Waals surface area contributed by atoms with E-state index in [9.17, 15) is 4.79 Å². The minimum absolute atomic E-state index is 0.193. The van der Waals surface area contributed by atoms with Crippen molar-refractivity contribution in [3.8, 4) is 0 Å². The second-order valence-corrected chi connectivity index (χ2v) is 7.92. The third-order valence-electron chi connectivity index (χ3n) is 3.98. The molecule has 1 atom stereocenters. The predicted octanol–water partition coefficient (Wildman–Crippen LogP) is 4.82. The number of aryl methyl sites for hydroxylation is 1. The van der Waals surface area contributed by atoms with Crippen LogP contribution in [0.5, 0.6) is 0 Å². The van der Waals surface area contributed by atoms with Crippen LogP contribution in [0.4, 0.5) is 10.5 Å². The lowest BCUT2D eigenvalue weighted by Crippen LogP contribution is -2.42. The molecule has 0 bridgehead atoms. The van der Waals surface area contributed by atoms with Crippen molar-refractivity contribution in [2.75, 3.05) is 18.4 Å². The van der Waals surface area contributed by atoms with Crippen molar-refractivity contribution in [3.05, 3.63) is 28.2 Å². The standard InChI is InChI=1S/C18H27BrN2O2/c1-5-13-11-14(19)8-9-16(13)20-12-15-7-6-10-21(15)17(22)23-18(2,3)4/h8-9,11,15,20H,5-7,10,12H2,1-4H3. The molecule has 5 heteroatoms. The first-order valence-electron chi connectivity index (χ1n) is 8.32. The molecule has 1 aliphatic rings. The predicted molar refractivity (Wildman–Crippen MR) is 98.0 cm³/mol. The molecule has 0 saturated carbocycles. The molecule has 128 valence electrons. The number of likely N-dealkylation sites (tertiary alicyclic amines) is 1. The number of hydrogen-bond donors (Lipinski definition) is 1. The topological polar surface area (TPSA) is 41.6 Å². The molecule has 4 nitrogen and oxygen atoms in total. The van der Waals surface area contributed by atoms with Crippen LogP contribution in [-0.4, -0.2) is 35.7 Å². The highest BCUT2D eigenvalue weighted by atomic mass is 79.9. The molecule has 0 aliphatic carbocycles. The number of ether oxygens (including phenoxy) is 1. The molecular weight excluding hydrogens is 356 g/mol. The lowest BCUT2D eigenvalue weighted by molar-refractivity contribution is 0.0235. The van der Waals surface area contributed by atoms with Gasteiger partial charge in [0.15, 0.2) is 0 Å². The number of carbonyl (C=O) groups excluding carboxylic acids is 1. The van der Waals surface area contributed by atoms with Crippen molar-refractivity contribution in [2.45, 2.75) is 58.6 Å². The molecule has 0 radical (unpaired) electrons. The van der Waals surface area contributed by atoms with Crippen LogP contribution in [0.15, 0.2) is 22.7 Å². The van der Waals surface area contributed by atoms with Crippen LogP contribution in [0.1, 0.15) is 46.1 Å². The largest absolute Gasteiger partial charge is 0.444 e. The van der Waals surface area contributed by atoms with Crippen LogP contribution >= 0.6 is 15.9 Å². The van der Waals surface area contributed by atoms with Gasteiger partial charge in [-0.15, -0.1) is 0 Å². The molecule has 1 amide bonds. The first-order chi connectivity index (χ1) is 10.8. The summed E-state index contributed by atoms with van der Waals surface area (Å²) in [6.45, 7) is 9.41. The fraction of sp³-hybridized carbons (Fsp3) is 0.611. The van der Waals surface area contributed by atoms with Crippen molar-refractivity contribution < 1.29 is 9.53 Å². The maximum absolute atomic E-state index is 12.3. The Hall–Kier alpha value is -1.23. The molecule has 0 spiro atoms. The first-order valence-corrected chi connectivity index (χ1v) is 9.11. The minimum Gasteiger partial charge on any atom is -0.444 e. The molecule has 1 unspecified atom stereocenters. The van der Waals surface area contributed by atoms with Gasteiger partial charge in [0.1, 0.15) is 5.60 Å².